The molecular weight excluding hydrogens is 266 g/mol. The maximum Gasteiger partial charge on any atom is 0.162 e. The van der Waals surface area contributed by atoms with Crippen LogP contribution >= 0.6 is 11.6 Å². The molecule has 4 nitrogen and oxygen atoms in total. The molecule has 1 aliphatic heterocycles. The molecule has 106 valence electrons. The molecule has 1 heterocycles. The zero-order valence-corrected chi connectivity index (χ0v) is 12.2. The number of rotatable bonds is 3. The van der Waals surface area contributed by atoms with E-state index in [-0.39, 0.29) is 18.8 Å². The molecule has 0 amide bonds. The average molecular weight is 286 g/mol. The van der Waals surface area contributed by atoms with Crippen molar-refractivity contribution in [2.24, 2.45) is 0 Å². The molecule has 2 N–H and O–H groups in total. The fourth-order valence-electron chi connectivity index (χ4n) is 1.89. The minimum Gasteiger partial charge on any atom is -0.486 e. The van der Waals surface area contributed by atoms with Gasteiger partial charge in [-0.2, -0.15) is 0 Å². The van der Waals surface area contributed by atoms with Crippen molar-refractivity contribution in [2.45, 2.75) is 38.5 Å². The van der Waals surface area contributed by atoms with E-state index in [0.717, 1.165) is 0 Å². The molecule has 0 saturated heterocycles. The molecule has 0 fully saturated rings. The molecule has 0 radical (unpaired) electrons. The summed E-state index contributed by atoms with van der Waals surface area (Å²) in [7, 11) is 0. The average Bonchev–Trinajstić information content (AvgIpc) is 2.47. The third-order valence-electron chi connectivity index (χ3n) is 3.26. The lowest BCUT2D eigenvalue weighted by molar-refractivity contribution is -0.0681. The van der Waals surface area contributed by atoms with Crippen LogP contribution in [-0.4, -0.2) is 36.0 Å². The Balaban J connectivity index is 2.16. The highest BCUT2D eigenvalue weighted by atomic mass is 35.5. The quantitative estimate of drug-likeness (QED) is 0.894. The molecule has 0 spiro atoms. The second-order valence-electron chi connectivity index (χ2n) is 5.28. The van der Waals surface area contributed by atoms with Crippen molar-refractivity contribution in [3.8, 4) is 11.5 Å². The number of nitrogens with one attached hydrogen (secondary N) is 1. The first-order valence-electron chi connectivity index (χ1n) is 6.45. The summed E-state index contributed by atoms with van der Waals surface area (Å²) in [6.07, 6.45) is -0.374. The monoisotopic (exact) mass is 285 g/mol. The van der Waals surface area contributed by atoms with Gasteiger partial charge in [0.2, 0.25) is 0 Å². The number of ether oxygens (including phenoxy) is 2. The van der Waals surface area contributed by atoms with Crippen molar-refractivity contribution in [2.75, 3.05) is 13.2 Å². The summed E-state index contributed by atoms with van der Waals surface area (Å²) in [6, 6.07) is 5.49. The van der Waals surface area contributed by atoms with Crippen LogP contribution in [0.4, 0.5) is 0 Å². The van der Waals surface area contributed by atoms with Crippen molar-refractivity contribution in [3.05, 3.63) is 23.2 Å². The molecule has 1 aliphatic rings. The number of aliphatic hydroxyl groups is 1. The van der Waals surface area contributed by atoms with Gasteiger partial charge >= 0.3 is 0 Å². The zero-order chi connectivity index (χ0) is 14.0. The van der Waals surface area contributed by atoms with E-state index in [9.17, 15) is 5.11 Å². The lowest BCUT2D eigenvalue weighted by Crippen LogP contribution is -2.55. The first-order valence-corrected chi connectivity index (χ1v) is 6.83. The van der Waals surface area contributed by atoms with E-state index in [1.165, 1.54) is 0 Å². The summed E-state index contributed by atoms with van der Waals surface area (Å²) in [5, 5.41) is 14.5. The van der Waals surface area contributed by atoms with Crippen molar-refractivity contribution in [3.63, 3.8) is 0 Å². The first-order chi connectivity index (χ1) is 8.90. The van der Waals surface area contributed by atoms with Crippen LogP contribution in [0.2, 0.25) is 5.02 Å². The standard InChI is InChI=1S/C14H20ClNO3/c1-9(2)16-7-14(17)8-18-13-6-11(15)4-5-12(13)19-10(14)3/h4-6,9-10,16-17H,7-8H2,1-3H3. The Hall–Kier alpha value is -0.970. The van der Waals surface area contributed by atoms with Gasteiger partial charge < -0.3 is 19.9 Å². The van der Waals surface area contributed by atoms with Crippen LogP contribution in [0, 0.1) is 0 Å². The predicted molar refractivity (Wildman–Crippen MR) is 75.1 cm³/mol. The number of halogens is 1. The molecular formula is C14H20ClNO3. The summed E-state index contributed by atoms with van der Waals surface area (Å²) in [6.45, 7) is 6.48. The maximum absolute atomic E-state index is 10.7. The smallest absolute Gasteiger partial charge is 0.162 e. The van der Waals surface area contributed by atoms with Gasteiger partial charge in [0.25, 0.3) is 0 Å². The number of hydrogen-bond acceptors (Lipinski definition) is 4. The lowest BCUT2D eigenvalue weighted by Gasteiger charge is -2.32. The summed E-state index contributed by atoms with van der Waals surface area (Å²) < 4.78 is 11.4. The van der Waals surface area contributed by atoms with Crippen LogP contribution in [-0.2, 0) is 0 Å². The minimum absolute atomic E-state index is 0.168. The molecule has 5 heteroatoms. The Morgan fingerprint density at radius 2 is 2.21 bits per heavy atom. The second-order valence-corrected chi connectivity index (χ2v) is 5.72. The SMILES string of the molecule is CC(C)NCC1(O)COc2cc(Cl)ccc2OC1C. The van der Waals surface area contributed by atoms with E-state index >= 15 is 0 Å². The molecule has 2 atom stereocenters. The van der Waals surface area contributed by atoms with Gasteiger partial charge in [-0.25, -0.2) is 0 Å². The van der Waals surface area contributed by atoms with E-state index in [1.54, 1.807) is 18.2 Å². The fourth-order valence-corrected chi connectivity index (χ4v) is 2.05. The number of benzene rings is 1. The largest absolute Gasteiger partial charge is 0.486 e. The Kier molecular flexibility index (Phi) is 4.23. The van der Waals surface area contributed by atoms with Crippen LogP contribution in [0.25, 0.3) is 0 Å². The van der Waals surface area contributed by atoms with E-state index in [2.05, 4.69) is 5.32 Å². The molecule has 0 bridgehead atoms. The summed E-state index contributed by atoms with van der Waals surface area (Å²) in [5.41, 5.74) is -1.07. The van der Waals surface area contributed by atoms with Crippen LogP contribution < -0.4 is 14.8 Å². The summed E-state index contributed by atoms with van der Waals surface area (Å²) in [5.74, 6) is 1.18. The summed E-state index contributed by atoms with van der Waals surface area (Å²) in [4.78, 5) is 0. The van der Waals surface area contributed by atoms with Gasteiger partial charge in [0.1, 0.15) is 18.3 Å². The molecule has 1 aromatic rings. The zero-order valence-electron chi connectivity index (χ0n) is 11.4. The molecule has 19 heavy (non-hydrogen) atoms. The van der Waals surface area contributed by atoms with E-state index in [4.69, 9.17) is 21.1 Å². The molecule has 2 unspecified atom stereocenters. The first kappa shape index (κ1) is 14.4. The van der Waals surface area contributed by atoms with Gasteiger partial charge in [0.15, 0.2) is 11.5 Å². The van der Waals surface area contributed by atoms with Crippen molar-refractivity contribution >= 4 is 11.6 Å². The summed E-state index contributed by atoms with van der Waals surface area (Å²) >= 11 is 5.93. The van der Waals surface area contributed by atoms with E-state index < -0.39 is 5.60 Å². The van der Waals surface area contributed by atoms with Crippen LogP contribution in [0.15, 0.2) is 18.2 Å². The predicted octanol–water partition coefficient (Wildman–Crippen LogP) is 2.23. The molecule has 1 aromatic carbocycles. The number of fused-ring (bicyclic) bond motifs is 1. The Labute approximate surface area is 118 Å². The molecule has 0 aromatic heterocycles. The normalized spacial score (nSPS) is 26.3. The minimum atomic E-state index is -1.07. The highest BCUT2D eigenvalue weighted by Gasteiger charge is 2.39. The van der Waals surface area contributed by atoms with Gasteiger partial charge in [-0.3, -0.25) is 0 Å². The van der Waals surface area contributed by atoms with Crippen LogP contribution in [0.1, 0.15) is 20.8 Å². The molecule has 0 saturated carbocycles. The molecule has 0 aliphatic carbocycles. The van der Waals surface area contributed by atoms with Crippen molar-refractivity contribution in [1.82, 2.24) is 5.32 Å². The van der Waals surface area contributed by atoms with Gasteiger partial charge in [-0.15, -0.1) is 0 Å². The van der Waals surface area contributed by atoms with Gasteiger partial charge in [-0.1, -0.05) is 25.4 Å². The van der Waals surface area contributed by atoms with Gasteiger partial charge in [0, 0.05) is 23.7 Å². The number of hydrogen-bond donors (Lipinski definition) is 2. The third kappa shape index (κ3) is 3.32. The van der Waals surface area contributed by atoms with Crippen LogP contribution in [0.3, 0.4) is 0 Å². The van der Waals surface area contributed by atoms with E-state index in [0.29, 0.717) is 23.1 Å². The lowest BCUT2D eigenvalue weighted by atomic mass is 9.98. The Bertz CT molecular complexity index is 452. The van der Waals surface area contributed by atoms with Crippen molar-refractivity contribution < 1.29 is 14.6 Å². The Morgan fingerprint density at radius 3 is 2.89 bits per heavy atom. The fraction of sp³-hybridized carbons (Fsp3) is 0.571. The Morgan fingerprint density at radius 1 is 1.47 bits per heavy atom. The second kappa shape index (κ2) is 5.57. The third-order valence-corrected chi connectivity index (χ3v) is 3.50. The highest BCUT2D eigenvalue weighted by molar-refractivity contribution is 6.30. The van der Waals surface area contributed by atoms with E-state index in [1.807, 2.05) is 20.8 Å². The van der Waals surface area contributed by atoms with Gasteiger partial charge in [-0.05, 0) is 19.1 Å². The topological polar surface area (TPSA) is 50.7 Å². The highest BCUT2D eigenvalue weighted by Crippen LogP contribution is 2.35. The van der Waals surface area contributed by atoms with Crippen molar-refractivity contribution in [1.29, 1.82) is 0 Å². The van der Waals surface area contributed by atoms with Gasteiger partial charge in [0.05, 0.1) is 0 Å². The molecule has 2 rings (SSSR count). The van der Waals surface area contributed by atoms with Crippen LogP contribution in [0.5, 0.6) is 11.5 Å². The maximum atomic E-state index is 10.7.